The fraction of sp³-hybridized carbons (Fsp3) is 0.833. The molecule has 0 radical (unpaired) electrons. The second-order valence-electron chi connectivity index (χ2n) is 5.90. The van der Waals surface area contributed by atoms with Crippen molar-refractivity contribution in [2.24, 2.45) is 16.6 Å². The molecule has 21 heavy (non-hydrogen) atoms. The largest absolute Gasteiger partial charge is 0.569 e. The molecule has 9 heteroatoms. The van der Waals surface area contributed by atoms with E-state index in [2.05, 4.69) is 5.28 Å². The number of carbonyl (C=O) groups excluding carboxylic acids is 1. The summed E-state index contributed by atoms with van der Waals surface area (Å²) in [5.41, 5.74) is -0.682. The molecule has 0 aromatic carbocycles. The smallest absolute Gasteiger partial charge is 0.314 e. The van der Waals surface area contributed by atoms with Gasteiger partial charge in [-0.25, -0.2) is 0 Å². The highest BCUT2D eigenvalue weighted by Gasteiger charge is 2.33. The summed E-state index contributed by atoms with van der Waals surface area (Å²) in [5.74, 6) is -2.01. The van der Waals surface area contributed by atoms with Gasteiger partial charge in [-0.15, -0.1) is 5.01 Å². The zero-order valence-corrected chi connectivity index (χ0v) is 12.6. The van der Waals surface area contributed by atoms with Gasteiger partial charge in [0.25, 0.3) is 6.29 Å². The minimum absolute atomic E-state index is 0.0713. The van der Waals surface area contributed by atoms with Crippen LogP contribution in [0.4, 0.5) is 0 Å². The van der Waals surface area contributed by atoms with Gasteiger partial charge in [0.15, 0.2) is 0 Å². The highest BCUT2D eigenvalue weighted by Crippen LogP contribution is 2.18. The lowest BCUT2D eigenvalue weighted by molar-refractivity contribution is -0.709. The van der Waals surface area contributed by atoms with Gasteiger partial charge in [0, 0.05) is 6.92 Å². The van der Waals surface area contributed by atoms with Gasteiger partial charge in [-0.1, -0.05) is 0 Å². The highest BCUT2D eigenvalue weighted by atomic mass is 16.8. The summed E-state index contributed by atoms with van der Waals surface area (Å²) in [6, 6.07) is 0. The Kier molecular flexibility index (Phi) is 5.34. The van der Waals surface area contributed by atoms with Crippen LogP contribution in [0.5, 0.6) is 0 Å². The number of rotatable bonds is 5. The minimum atomic E-state index is -1.01. The molecule has 1 N–H and O–H groups in total. The van der Waals surface area contributed by atoms with Crippen LogP contribution in [-0.2, 0) is 19.2 Å². The summed E-state index contributed by atoms with van der Waals surface area (Å²) in [4.78, 5) is 27.3. The maximum Gasteiger partial charge on any atom is 0.314 e. The molecule has 2 atom stereocenters. The Morgan fingerprint density at radius 3 is 2.57 bits per heavy atom. The predicted molar refractivity (Wildman–Crippen MR) is 69.5 cm³/mol. The van der Waals surface area contributed by atoms with Crippen LogP contribution in [0.2, 0.25) is 0 Å². The van der Waals surface area contributed by atoms with E-state index >= 15 is 0 Å². The van der Waals surface area contributed by atoms with Crippen molar-refractivity contribution in [1.29, 1.82) is 0 Å². The Labute approximate surface area is 122 Å². The van der Waals surface area contributed by atoms with Gasteiger partial charge in [0.05, 0.1) is 29.4 Å². The molecule has 0 spiro atoms. The van der Waals surface area contributed by atoms with Crippen molar-refractivity contribution >= 4 is 11.9 Å². The summed E-state index contributed by atoms with van der Waals surface area (Å²) >= 11 is 0. The van der Waals surface area contributed by atoms with Crippen LogP contribution in [0.25, 0.3) is 0 Å². The number of hydrogen-bond donors (Lipinski definition) is 1. The molecular weight excluding hydrogens is 282 g/mol. The minimum Gasteiger partial charge on any atom is -0.569 e. The first kappa shape index (κ1) is 17.0. The molecule has 0 amide bonds. The van der Waals surface area contributed by atoms with Crippen LogP contribution in [0.3, 0.4) is 0 Å². The highest BCUT2D eigenvalue weighted by molar-refractivity contribution is 5.75. The maximum absolute atomic E-state index is 11.6. The third kappa shape index (κ3) is 5.09. The second-order valence-corrected chi connectivity index (χ2v) is 5.90. The molecule has 1 aliphatic rings. The van der Waals surface area contributed by atoms with Crippen molar-refractivity contribution in [3.63, 3.8) is 0 Å². The van der Waals surface area contributed by atoms with E-state index in [4.69, 9.17) is 14.7 Å². The SMILES string of the molecule is CC(ON=[N+]([O-])N1CCC(C(=O)O)C1)OC(=O)C(C)(C)C. The van der Waals surface area contributed by atoms with E-state index in [1.54, 1.807) is 20.8 Å². The summed E-state index contributed by atoms with van der Waals surface area (Å²) in [5, 5.41) is 24.9. The van der Waals surface area contributed by atoms with E-state index in [1.807, 2.05) is 0 Å². The van der Waals surface area contributed by atoms with Gasteiger partial charge in [-0.3, -0.25) is 14.4 Å². The Morgan fingerprint density at radius 2 is 2.10 bits per heavy atom. The summed E-state index contributed by atoms with van der Waals surface area (Å²) in [7, 11) is 0. The van der Waals surface area contributed by atoms with Crippen molar-refractivity contribution in [2.75, 3.05) is 13.1 Å². The van der Waals surface area contributed by atoms with E-state index in [1.165, 1.54) is 11.9 Å². The van der Waals surface area contributed by atoms with Crippen LogP contribution >= 0.6 is 0 Å². The molecule has 0 aromatic heterocycles. The third-order valence-electron chi connectivity index (χ3n) is 2.91. The number of hydrazine groups is 1. The van der Waals surface area contributed by atoms with Crippen molar-refractivity contribution in [3.8, 4) is 0 Å². The van der Waals surface area contributed by atoms with Crippen molar-refractivity contribution < 1.29 is 29.2 Å². The zero-order valence-electron chi connectivity index (χ0n) is 12.6. The molecule has 1 aliphatic heterocycles. The lowest BCUT2D eigenvalue weighted by atomic mass is 9.97. The van der Waals surface area contributed by atoms with Crippen molar-refractivity contribution in [2.45, 2.75) is 40.4 Å². The molecule has 0 aliphatic carbocycles. The van der Waals surface area contributed by atoms with Gasteiger partial charge in [-0.05, 0) is 27.2 Å². The molecule has 1 fully saturated rings. The average Bonchev–Trinajstić information content (AvgIpc) is 2.84. The number of carboxylic acids is 1. The molecule has 120 valence electrons. The fourth-order valence-corrected chi connectivity index (χ4v) is 1.61. The van der Waals surface area contributed by atoms with Gasteiger partial charge >= 0.3 is 11.9 Å². The molecule has 0 bridgehead atoms. The Bertz CT molecular complexity index is 431. The Morgan fingerprint density at radius 1 is 1.48 bits per heavy atom. The Balaban J connectivity index is 2.45. The molecular formula is C12H21N3O6. The van der Waals surface area contributed by atoms with Crippen LogP contribution in [0.1, 0.15) is 34.1 Å². The van der Waals surface area contributed by atoms with Gasteiger partial charge in [0.2, 0.25) is 5.28 Å². The van der Waals surface area contributed by atoms with Crippen LogP contribution in [0.15, 0.2) is 5.28 Å². The number of carbonyl (C=O) groups is 2. The number of aliphatic carboxylic acids is 1. The molecule has 1 saturated heterocycles. The topological polar surface area (TPSA) is 114 Å². The average molecular weight is 303 g/mol. The maximum atomic E-state index is 11.6. The number of hydrogen-bond acceptors (Lipinski definition) is 6. The van der Waals surface area contributed by atoms with Crippen LogP contribution < -0.4 is 0 Å². The van der Waals surface area contributed by atoms with E-state index in [0.717, 1.165) is 0 Å². The molecule has 0 aromatic rings. The summed E-state index contributed by atoms with van der Waals surface area (Å²) in [6.45, 7) is 6.86. The standard InChI is InChI=1S/C12H21N3O6/c1-8(20-11(18)12(2,3)4)21-13-15(19)14-6-5-9(7-14)10(16)17/h8-9H,5-7H2,1-4H3,(H,16,17). The lowest BCUT2D eigenvalue weighted by Crippen LogP contribution is -2.31. The Hall–Kier alpha value is -2.06. The first-order chi connectivity index (χ1) is 9.61. The van der Waals surface area contributed by atoms with E-state index in [-0.39, 0.29) is 18.1 Å². The van der Waals surface area contributed by atoms with Crippen molar-refractivity contribution in [1.82, 2.24) is 5.01 Å². The monoisotopic (exact) mass is 303 g/mol. The zero-order chi connectivity index (χ0) is 16.2. The fourth-order valence-electron chi connectivity index (χ4n) is 1.61. The van der Waals surface area contributed by atoms with Crippen molar-refractivity contribution in [3.05, 3.63) is 5.21 Å². The first-order valence-corrected chi connectivity index (χ1v) is 6.64. The van der Waals surface area contributed by atoms with Gasteiger partial charge < -0.3 is 15.1 Å². The van der Waals surface area contributed by atoms with Gasteiger partial charge in [-0.2, -0.15) is 0 Å². The number of carboxylic acid groups (broad SMARTS) is 1. The van der Waals surface area contributed by atoms with E-state index < -0.39 is 29.6 Å². The molecule has 1 heterocycles. The summed E-state index contributed by atoms with van der Waals surface area (Å²) in [6.07, 6.45) is -0.635. The molecule has 2 unspecified atom stereocenters. The number of esters is 1. The number of nitrogens with zero attached hydrogens (tertiary/aromatic N) is 3. The second kappa shape index (κ2) is 6.59. The van der Waals surface area contributed by atoms with Gasteiger partial charge in [0.1, 0.15) is 0 Å². The normalized spacial score (nSPS) is 21.0. The summed E-state index contributed by atoms with van der Waals surface area (Å²) < 4.78 is 4.95. The van der Waals surface area contributed by atoms with Crippen LogP contribution in [-0.4, -0.2) is 46.4 Å². The van der Waals surface area contributed by atoms with E-state index in [9.17, 15) is 14.8 Å². The number of ether oxygens (including phenoxy) is 1. The van der Waals surface area contributed by atoms with Crippen LogP contribution in [0, 0.1) is 16.5 Å². The quantitative estimate of drug-likeness (QED) is 0.266. The molecule has 9 nitrogen and oxygen atoms in total. The first-order valence-electron chi connectivity index (χ1n) is 6.64. The predicted octanol–water partition coefficient (Wildman–Crippen LogP) is 1.14. The van der Waals surface area contributed by atoms with E-state index in [0.29, 0.717) is 6.42 Å². The molecule has 0 saturated carbocycles. The molecule has 1 rings (SSSR count). The lowest BCUT2D eigenvalue weighted by Gasteiger charge is -2.19. The third-order valence-corrected chi connectivity index (χ3v) is 2.91.